The van der Waals surface area contributed by atoms with E-state index in [1.165, 1.54) is 5.56 Å². The molecule has 2 aliphatic rings. The van der Waals surface area contributed by atoms with Gasteiger partial charge < -0.3 is 15.3 Å². The number of aliphatic hydroxyl groups excluding tert-OH is 2. The van der Waals surface area contributed by atoms with E-state index in [4.69, 9.17) is 0 Å². The second-order valence-electron chi connectivity index (χ2n) is 7.29. The lowest BCUT2D eigenvalue weighted by atomic mass is 9.79. The molecule has 0 radical (unpaired) electrons. The van der Waals surface area contributed by atoms with Gasteiger partial charge in [0.1, 0.15) is 5.75 Å². The minimum atomic E-state index is -0.263. The zero-order valence-corrected chi connectivity index (χ0v) is 13.5. The molecule has 122 valence electrons. The van der Waals surface area contributed by atoms with Crippen molar-refractivity contribution >= 4 is 0 Å². The fourth-order valence-electron chi connectivity index (χ4n) is 4.14. The fourth-order valence-corrected chi connectivity index (χ4v) is 4.14. The highest BCUT2D eigenvalue weighted by Gasteiger charge is 2.38. The van der Waals surface area contributed by atoms with Crippen molar-refractivity contribution < 1.29 is 15.3 Å². The van der Waals surface area contributed by atoms with E-state index in [1.807, 2.05) is 6.07 Å². The van der Waals surface area contributed by atoms with Crippen molar-refractivity contribution in [3.05, 3.63) is 28.8 Å². The summed E-state index contributed by atoms with van der Waals surface area (Å²) < 4.78 is 0. The standard InChI is InChI=1S/C18H27NO3/c1-11(2)5-13-9-19-4-3-12-7-17(21)14(10-20)6-15(12)16(19)8-18(13)22/h6-7,11,13,16,18,20-22H,3-5,8-10H2,1-2H3/t13-,16?,18+/m0/s1. The summed E-state index contributed by atoms with van der Waals surface area (Å²) >= 11 is 0. The monoisotopic (exact) mass is 305 g/mol. The maximum Gasteiger partial charge on any atom is 0.121 e. The van der Waals surface area contributed by atoms with Crippen LogP contribution in [0.25, 0.3) is 0 Å². The number of hydrogen-bond donors (Lipinski definition) is 3. The molecular formula is C18H27NO3. The van der Waals surface area contributed by atoms with Crippen molar-refractivity contribution in [2.75, 3.05) is 13.1 Å². The van der Waals surface area contributed by atoms with Gasteiger partial charge >= 0.3 is 0 Å². The summed E-state index contributed by atoms with van der Waals surface area (Å²) in [4.78, 5) is 2.47. The third kappa shape index (κ3) is 2.87. The van der Waals surface area contributed by atoms with Crippen molar-refractivity contribution in [3.8, 4) is 5.75 Å². The summed E-state index contributed by atoms with van der Waals surface area (Å²) in [5.74, 6) is 1.14. The molecule has 2 aliphatic heterocycles. The van der Waals surface area contributed by atoms with Crippen LogP contribution in [0.2, 0.25) is 0 Å². The Morgan fingerprint density at radius 2 is 2.09 bits per heavy atom. The number of piperidine rings is 1. The smallest absolute Gasteiger partial charge is 0.121 e. The van der Waals surface area contributed by atoms with Gasteiger partial charge in [0.25, 0.3) is 0 Å². The third-order valence-electron chi connectivity index (χ3n) is 5.23. The molecule has 0 aliphatic carbocycles. The van der Waals surface area contributed by atoms with Gasteiger partial charge in [-0.05, 0) is 54.4 Å². The maximum atomic E-state index is 10.5. The molecule has 0 aromatic heterocycles. The Morgan fingerprint density at radius 1 is 1.32 bits per heavy atom. The van der Waals surface area contributed by atoms with Gasteiger partial charge in [-0.1, -0.05) is 13.8 Å². The van der Waals surface area contributed by atoms with Crippen LogP contribution in [0.5, 0.6) is 5.75 Å². The summed E-state index contributed by atoms with van der Waals surface area (Å²) in [5.41, 5.74) is 2.92. The molecule has 3 rings (SSSR count). The minimum Gasteiger partial charge on any atom is -0.508 e. The van der Waals surface area contributed by atoms with Crippen LogP contribution < -0.4 is 0 Å². The predicted molar refractivity (Wildman–Crippen MR) is 85.6 cm³/mol. The van der Waals surface area contributed by atoms with E-state index in [1.54, 1.807) is 6.07 Å². The topological polar surface area (TPSA) is 63.9 Å². The molecule has 1 fully saturated rings. The van der Waals surface area contributed by atoms with Crippen LogP contribution >= 0.6 is 0 Å². The molecule has 0 bridgehead atoms. The Hall–Kier alpha value is -1.10. The number of benzene rings is 1. The average Bonchev–Trinajstić information content (AvgIpc) is 2.47. The molecule has 0 spiro atoms. The molecule has 1 saturated heterocycles. The summed E-state index contributed by atoms with van der Waals surface area (Å²) in [7, 11) is 0. The molecule has 0 amide bonds. The maximum absolute atomic E-state index is 10.5. The molecule has 22 heavy (non-hydrogen) atoms. The number of phenols is 1. The number of rotatable bonds is 3. The van der Waals surface area contributed by atoms with E-state index in [2.05, 4.69) is 18.7 Å². The quantitative estimate of drug-likeness (QED) is 0.801. The number of aromatic hydroxyl groups is 1. The van der Waals surface area contributed by atoms with E-state index >= 15 is 0 Å². The predicted octanol–water partition coefficient (Wildman–Crippen LogP) is 2.21. The van der Waals surface area contributed by atoms with Gasteiger partial charge in [-0.2, -0.15) is 0 Å². The first kappa shape index (κ1) is 15.8. The highest BCUT2D eigenvalue weighted by Crippen LogP contribution is 2.41. The van der Waals surface area contributed by atoms with E-state index in [0.29, 0.717) is 17.4 Å². The zero-order valence-electron chi connectivity index (χ0n) is 13.5. The van der Waals surface area contributed by atoms with Crippen LogP contribution in [0.1, 0.15) is 49.4 Å². The molecule has 1 aromatic carbocycles. The van der Waals surface area contributed by atoms with Crippen molar-refractivity contribution in [2.24, 2.45) is 11.8 Å². The van der Waals surface area contributed by atoms with E-state index in [-0.39, 0.29) is 24.5 Å². The molecule has 3 atom stereocenters. The van der Waals surface area contributed by atoms with E-state index in [0.717, 1.165) is 37.9 Å². The van der Waals surface area contributed by atoms with Crippen LogP contribution in [0.15, 0.2) is 12.1 Å². The van der Waals surface area contributed by atoms with Crippen molar-refractivity contribution in [1.29, 1.82) is 0 Å². The molecule has 2 heterocycles. The normalized spacial score (nSPS) is 28.5. The van der Waals surface area contributed by atoms with Crippen LogP contribution in [-0.4, -0.2) is 39.4 Å². The van der Waals surface area contributed by atoms with Crippen molar-refractivity contribution in [1.82, 2.24) is 4.90 Å². The van der Waals surface area contributed by atoms with Gasteiger partial charge in [-0.25, -0.2) is 0 Å². The van der Waals surface area contributed by atoms with Gasteiger partial charge in [0, 0.05) is 24.7 Å². The lowest BCUT2D eigenvalue weighted by Crippen LogP contribution is -2.48. The molecule has 1 aromatic rings. The van der Waals surface area contributed by atoms with Gasteiger partial charge in [-0.3, -0.25) is 4.90 Å². The van der Waals surface area contributed by atoms with E-state index < -0.39 is 0 Å². The number of fused-ring (bicyclic) bond motifs is 3. The number of aliphatic hydroxyl groups is 2. The molecule has 4 nitrogen and oxygen atoms in total. The Bertz CT molecular complexity index is 543. The number of hydrogen-bond acceptors (Lipinski definition) is 4. The van der Waals surface area contributed by atoms with Crippen LogP contribution in [0.4, 0.5) is 0 Å². The summed E-state index contributed by atoms with van der Waals surface area (Å²) in [6.07, 6.45) is 2.48. The highest BCUT2D eigenvalue weighted by molar-refractivity contribution is 5.44. The summed E-state index contributed by atoms with van der Waals surface area (Å²) in [6.45, 7) is 6.20. The lowest BCUT2D eigenvalue weighted by molar-refractivity contribution is -0.0191. The molecular weight excluding hydrogens is 278 g/mol. The average molecular weight is 305 g/mol. The summed E-state index contributed by atoms with van der Waals surface area (Å²) in [5, 5.41) is 29.9. The Balaban J connectivity index is 1.86. The van der Waals surface area contributed by atoms with Crippen molar-refractivity contribution in [2.45, 2.75) is 51.9 Å². The Morgan fingerprint density at radius 3 is 2.77 bits per heavy atom. The van der Waals surface area contributed by atoms with E-state index in [9.17, 15) is 15.3 Å². The molecule has 0 saturated carbocycles. The highest BCUT2D eigenvalue weighted by atomic mass is 16.3. The summed E-state index contributed by atoms with van der Waals surface area (Å²) in [6, 6.07) is 3.94. The zero-order chi connectivity index (χ0) is 15.9. The lowest BCUT2D eigenvalue weighted by Gasteiger charge is -2.46. The number of nitrogens with zero attached hydrogens (tertiary/aromatic N) is 1. The molecule has 1 unspecified atom stereocenters. The second kappa shape index (κ2) is 6.19. The first-order valence-corrected chi connectivity index (χ1v) is 8.37. The molecule has 3 N–H and O–H groups in total. The van der Waals surface area contributed by atoms with Gasteiger partial charge in [0.05, 0.1) is 12.7 Å². The first-order valence-electron chi connectivity index (χ1n) is 8.37. The fraction of sp³-hybridized carbons (Fsp3) is 0.667. The minimum absolute atomic E-state index is 0.148. The van der Waals surface area contributed by atoms with Crippen LogP contribution in [0.3, 0.4) is 0 Å². The Kier molecular flexibility index (Phi) is 4.44. The van der Waals surface area contributed by atoms with Crippen LogP contribution in [0, 0.1) is 11.8 Å². The van der Waals surface area contributed by atoms with Gasteiger partial charge in [-0.15, -0.1) is 0 Å². The third-order valence-corrected chi connectivity index (χ3v) is 5.23. The first-order chi connectivity index (χ1) is 10.5. The van der Waals surface area contributed by atoms with Crippen molar-refractivity contribution in [3.63, 3.8) is 0 Å². The Labute approximate surface area is 132 Å². The van der Waals surface area contributed by atoms with Gasteiger partial charge in [0.2, 0.25) is 0 Å². The second-order valence-corrected chi connectivity index (χ2v) is 7.29. The largest absolute Gasteiger partial charge is 0.508 e. The van der Waals surface area contributed by atoms with Crippen LogP contribution in [-0.2, 0) is 13.0 Å². The SMILES string of the molecule is CC(C)C[C@H]1CN2CCc3cc(O)c(CO)cc3C2C[C@H]1O. The van der Waals surface area contributed by atoms with Gasteiger partial charge in [0.15, 0.2) is 0 Å². The molecule has 4 heteroatoms.